The molecule has 2 fully saturated rings. The molecule has 2 amide bonds. The Bertz CT molecular complexity index is 550. The average Bonchev–Trinajstić information content (AvgIpc) is 3.04. The molecule has 2 aliphatic rings. The lowest BCUT2D eigenvalue weighted by Crippen LogP contribution is -2.57. The van der Waals surface area contributed by atoms with E-state index in [0.29, 0.717) is 32.0 Å². The van der Waals surface area contributed by atoms with Crippen LogP contribution in [-0.2, 0) is 19.4 Å². The predicted molar refractivity (Wildman–Crippen MR) is 92.3 cm³/mol. The second-order valence-corrected chi connectivity index (χ2v) is 9.30. The summed E-state index contributed by atoms with van der Waals surface area (Å²) in [4.78, 5) is 24.3. The first-order valence-electron chi connectivity index (χ1n) is 8.80. The molecule has 0 aromatic heterocycles. The van der Waals surface area contributed by atoms with Crippen LogP contribution >= 0.6 is 0 Å². The standard InChI is InChI=1S/C16H29N3O4S/c1-24(22,23)16(6-8-17-9-7-16)15(21)19-11-10-18-14(20)12-13-4-2-3-5-13/h13,17H,2-12H2,1H3,(H,18,20)(H,19,21). The van der Waals surface area contributed by atoms with Crippen molar-refractivity contribution in [1.82, 2.24) is 16.0 Å². The lowest BCUT2D eigenvalue weighted by molar-refractivity contribution is -0.125. The fourth-order valence-electron chi connectivity index (χ4n) is 3.68. The zero-order valence-electron chi connectivity index (χ0n) is 14.4. The molecule has 1 saturated heterocycles. The second-order valence-electron chi connectivity index (χ2n) is 6.98. The van der Waals surface area contributed by atoms with Crippen molar-refractivity contribution < 1.29 is 18.0 Å². The zero-order valence-corrected chi connectivity index (χ0v) is 15.2. The Morgan fingerprint density at radius 1 is 1.08 bits per heavy atom. The summed E-state index contributed by atoms with van der Waals surface area (Å²) in [5.74, 6) is 0.0511. The van der Waals surface area contributed by atoms with E-state index in [4.69, 9.17) is 0 Å². The Morgan fingerprint density at radius 2 is 1.67 bits per heavy atom. The van der Waals surface area contributed by atoms with Crippen LogP contribution in [-0.4, -0.2) is 57.4 Å². The molecule has 2 rings (SSSR count). The van der Waals surface area contributed by atoms with Crippen LogP contribution in [0.25, 0.3) is 0 Å². The van der Waals surface area contributed by atoms with Gasteiger partial charge in [0.2, 0.25) is 11.8 Å². The molecule has 0 atom stereocenters. The number of sulfone groups is 1. The lowest BCUT2D eigenvalue weighted by atomic mass is 9.96. The number of hydrogen-bond acceptors (Lipinski definition) is 5. The molecule has 1 aliphatic carbocycles. The van der Waals surface area contributed by atoms with Crippen molar-refractivity contribution in [2.24, 2.45) is 5.92 Å². The molecular formula is C16H29N3O4S. The normalized spacial score (nSPS) is 21.4. The van der Waals surface area contributed by atoms with Gasteiger partial charge in [-0.3, -0.25) is 9.59 Å². The number of hydrogen-bond donors (Lipinski definition) is 3. The zero-order chi connectivity index (χ0) is 17.6. The van der Waals surface area contributed by atoms with Crippen LogP contribution in [0.15, 0.2) is 0 Å². The molecular weight excluding hydrogens is 330 g/mol. The van der Waals surface area contributed by atoms with Gasteiger partial charge in [-0.15, -0.1) is 0 Å². The molecule has 1 aliphatic heterocycles. The highest BCUT2D eigenvalue weighted by molar-refractivity contribution is 7.92. The number of carbonyl (C=O) groups is 2. The fraction of sp³-hybridized carbons (Fsp3) is 0.875. The van der Waals surface area contributed by atoms with Gasteiger partial charge in [0, 0.05) is 25.8 Å². The van der Waals surface area contributed by atoms with Crippen molar-refractivity contribution >= 4 is 21.7 Å². The third-order valence-corrected chi connectivity index (χ3v) is 7.23. The summed E-state index contributed by atoms with van der Waals surface area (Å²) in [5, 5.41) is 8.57. The first kappa shape index (κ1) is 19.2. The highest BCUT2D eigenvalue weighted by atomic mass is 32.2. The molecule has 0 aromatic rings. The molecule has 0 unspecified atom stereocenters. The highest BCUT2D eigenvalue weighted by Gasteiger charge is 2.48. The molecule has 7 nitrogen and oxygen atoms in total. The van der Waals surface area contributed by atoms with Crippen molar-refractivity contribution in [2.75, 3.05) is 32.4 Å². The van der Waals surface area contributed by atoms with Crippen molar-refractivity contribution in [2.45, 2.75) is 49.7 Å². The first-order chi connectivity index (χ1) is 11.3. The van der Waals surface area contributed by atoms with Gasteiger partial charge in [0.25, 0.3) is 0 Å². The van der Waals surface area contributed by atoms with E-state index in [2.05, 4.69) is 16.0 Å². The van der Waals surface area contributed by atoms with Crippen LogP contribution in [0, 0.1) is 5.92 Å². The number of amides is 2. The molecule has 1 saturated carbocycles. The van der Waals surface area contributed by atoms with E-state index in [1.54, 1.807) is 0 Å². The van der Waals surface area contributed by atoms with Gasteiger partial charge < -0.3 is 16.0 Å². The first-order valence-corrected chi connectivity index (χ1v) is 10.7. The summed E-state index contributed by atoms with van der Waals surface area (Å²) in [7, 11) is -3.50. The van der Waals surface area contributed by atoms with Crippen LogP contribution in [0.5, 0.6) is 0 Å². The molecule has 0 spiro atoms. The Hall–Kier alpha value is -1.15. The molecule has 1 heterocycles. The number of rotatable bonds is 7. The Kier molecular flexibility index (Phi) is 6.62. The molecule has 0 radical (unpaired) electrons. The van der Waals surface area contributed by atoms with Crippen LogP contribution in [0.2, 0.25) is 0 Å². The summed E-state index contributed by atoms with van der Waals surface area (Å²) in [6, 6.07) is 0. The minimum Gasteiger partial charge on any atom is -0.354 e. The fourth-order valence-corrected chi connectivity index (χ4v) is 5.04. The molecule has 24 heavy (non-hydrogen) atoms. The number of nitrogens with one attached hydrogen (secondary N) is 3. The SMILES string of the molecule is CS(=O)(=O)C1(C(=O)NCCNC(=O)CC2CCCC2)CCNCC1. The predicted octanol–water partition coefficient (Wildman–Crippen LogP) is -0.0341. The van der Waals surface area contributed by atoms with Crippen molar-refractivity contribution in [1.29, 1.82) is 0 Å². The van der Waals surface area contributed by atoms with E-state index in [1.165, 1.54) is 12.8 Å². The van der Waals surface area contributed by atoms with Gasteiger partial charge in [-0.25, -0.2) is 8.42 Å². The molecule has 8 heteroatoms. The van der Waals surface area contributed by atoms with Gasteiger partial charge >= 0.3 is 0 Å². The smallest absolute Gasteiger partial charge is 0.241 e. The number of piperidine rings is 1. The van der Waals surface area contributed by atoms with Crippen LogP contribution < -0.4 is 16.0 Å². The third-order valence-electron chi connectivity index (χ3n) is 5.22. The van der Waals surface area contributed by atoms with E-state index in [0.717, 1.165) is 19.1 Å². The van der Waals surface area contributed by atoms with Gasteiger partial charge in [0.05, 0.1) is 0 Å². The minimum atomic E-state index is -3.50. The Balaban J connectivity index is 1.76. The summed E-state index contributed by atoms with van der Waals surface area (Å²) < 4.78 is 22.9. The van der Waals surface area contributed by atoms with Crippen molar-refractivity contribution in [3.63, 3.8) is 0 Å². The maximum absolute atomic E-state index is 12.5. The van der Waals surface area contributed by atoms with Gasteiger partial charge in [-0.2, -0.15) is 0 Å². The summed E-state index contributed by atoms with van der Waals surface area (Å²) in [6.07, 6.45) is 6.89. The maximum Gasteiger partial charge on any atom is 0.241 e. The molecule has 0 aromatic carbocycles. The van der Waals surface area contributed by atoms with Gasteiger partial charge in [-0.1, -0.05) is 12.8 Å². The highest BCUT2D eigenvalue weighted by Crippen LogP contribution is 2.28. The Labute approximate surface area is 144 Å². The summed E-state index contributed by atoms with van der Waals surface area (Å²) in [5.41, 5.74) is 0. The third kappa shape index (κ3) is 4.69. The van der Waals surface area contributed by atoms with E-state index < -0.39 is 20.5 Å². The molecule has 0 bridgehead atoms. The molecule has 138 valence electrons. The molecule has 3 N–H and O–H groups in total. The van der Waals surface area contributed by atoms with Crippen LogP contribution in [0.3, 0.4) is 0 Å². The minimum absolute atomic E-state index is 0.0100. The summed E-state index contributed by atoms with van der Waals surface area (Å²) in [6.45, 7) is 1.60. The lowest BCUT2D eigenvalue weighted by Gasteiger charge is -2.34. The second kappa shape index (κ2) is 8.29. The topological polar surface area (TPSA) is 104 Å². The average molecular weight is 359 g/mol. The van der Waals surface area contributed by atoms with Crippen LogP contribution in [0.4, 0.5) is 0 Å². The van der Waals surface area contributed by atoms with Gasteiger partial charge in [0.1, 0.15) is 0 Å². The van der Waals surface area contributed by atoms with E-state index in [9.17, 15) is 18.0 Å². The van der Waals surface area contributed by atoms with E-state index in [-0.39, 0.29) is 25.3 Å². The van der Waals surface area contributed by atoms with Gasteiger partial charge in [0.15, 0.2) is 14.6 Å². The van der Waals surface area contributed by atoms with E-state index in [1.807, 2.05) is 0 Å². The van der Waals surface area contributed by atoms with Gasteiger partial charge in [-0.05, 0) is 44.7 Å². The number of carbonyl (C=O) groups excluding carboxylic acids is 2. The quantitative estimate of drug-likeness (QED) is 0.554. The van der Waals surface area contributed by atoms with Crippen molar-refractivity contribution in [3.05, 3.63) is 0 Å². The largest absolute Gasteiger partial charge is 0.354 e. The van der Waals surface area contributed by atoms with E-state index >= 15 is 0 Å². The summed E-state index contributed by atoms with van der Waals surface area (Å²) >= 11 is 0. The maximum atomic E-state index is 12.5. The van der Waals surface area contributed by atoms with Crippen molar-refractivity contribution in [3.8, 4) is 0 Å². The Morgan fingerprint density at radius 3 is 2.25 bits per heavy atom. The van der Waals surface area contributed by atoms with Crippen LogP contribution in [0.1, 0.15) is 44.9 Å². The monoisotopic (exact) mass is 359 g/mol.